The fourth-order valence-corrected chi connectivity index (χ4v) is 4.09. The summed E-state index contributed by atoms with van der Waals surface area (Å²) in [6.45, 7) is 1.55. The predicted octanol–water partition coefficient (Wildman–Crippen LogP) is 4.87. The summed E-state index contributed by atoms with van der Waals surface area (Å²) in [7, 11) is 0. The average Bonchev–Trinajstić information content (AvgIpc) is 3.31. The van der Waals surface area contributed by atoms with Gasteiger partial charge in [0.1, 0.15) is 17.0 Å². The van der Waals surface area contributed by atoms with Crippen LogP contribution in [0.1, 0.15) is 16.1 Å². The molecule has 35 heavy (non-hydrogen) atoms. The molecule has 5 rings (SSSR count). The van der Waals surface area contributed by atoms with Crippen LogP contribution in [0.15, 0.2) is 71.1 Å². The fraction of sp³-hybridized carbons (Fsp3) is 0.0417. The van der Waals surface area contributed by atoms with Crippen molar-refractivity contribution in [1.82, 2.24) is 19.7 Å². The van der Waals surface area contributed by atoms with Gasteiger partial charge in [0.15, 0.2) is 17.3 Å². The zero-order valence-electron chi connectivity index (χ0n) is 18.0. The minimum atomic E-state index is -0.723. The van der Waals surface area contributed by atoms with Crippen LogP contribution in [0.5, 0.6) is 11.6 Å². The SMILES string of the molecule is Cc1cc(=O)n(-c2cccc(F)c2)nc1C(=O)Nc1ccc(Oc2ncnc3sccc23)c(F)c1. The van der Waals surface area contributed by atoms with Crippen molar-refractivity contribution < 1.29 is 18.3 Å². The van der Waals surface area contributed by atoms with E-state index in [9.17, 15) is 18.4 Å². The number of nitrogens with zero attached hydrogens (tertiary/aromatic N) is 4. The summed E-state index contributed by atoms with van der Waals surface area (Å²) in [5, 5.41) is 9.13. The number of fused-ring (bicyclic) bond motifs is 1. The number of thiophene rings is 1. The molecule has 2 aromatic carbocycles. The molecule has 8 nitrogen and oxygen atoms in total. The van der Waals surface area contributed by atoms with Crippen LogP contribution in [0, 0.1) is 18.6 Å². The Kier molecular flexibility index (Phi) is 5.75. The van der Waals surface area contributed by atoms with Gasteiger partial charge in [-0.2, -0.15) is 9.78 Å². The standard InChI is InChI=1S/C24H15F2N5O3S/c1-13-9-20(32)31(16-4-2-3-14(25)10-16)30-21(13)22(33)29-15-5-6-19(18(26)11-15)34-23-17-7-8-35-24(17)28-12-27-23/h2-12H,1H3,(H,29,33). The molecule has 0 atom stereocenters. The van der Waals surface area contributed by atoms with E-state index in [2.05, 4.69) is 20.4 Å². The topological polar surface area (TPSA) is 99.0 Å². The van der Waals surface area contributed by atoms with Crippen molar-refractivity contribution in [2.75, 3.05) is 5.32 Å². The quantitative estimate of drug-likeness (QED) is 0.377. The summed E-state index contributed by atoms with van der Waals surface area (Å²) in [6.07, 6.45) is 1.33. The van der Waals surface area contributed by atoms with Gasteiger partial charge in [0.25, 0.3) is 11.5 Å². The van der Waals surface area contributed by atoms with Crippen LogP contribution in [0.25, 0.3) is 15.9 Å². The van der Waals surface area contributed by atoms with E-state index in [1.54, 1.807) is 13.0 Å². The largest absolute Gasteiger partial charge is 0.435 e. The zero-order chi connectivity index (χ0) is 24.5. The molecule has 0 saturated carbocycles. The lowest BCUT2D eigenvalue weighted by Crippen LogP contribution is -2.26. The minimum Gasteiger partial charge on any atom is -0.435 e. The van der Waals surface area contributed by atoms with Gasteiger partial charge in [-0.05, 0) is 54.3 Å². The highest BCUT2D eigenvalue weighted by Gasteiger charge is 2.17. The van der Waals surface area contributed by atoms with Crippen LogP contribution >= 0.6 is 11.3 Å². The molecule has 0 fully saturated rings. The number of carbonyl (C=O) groups is 1. The molecule has 0 aliphatic rings. The van der Waals surface area contributed by atoms with Gasteiger partial charge in [-0.15, -0.1) is 11.3 Å². The zero-order valence-corrected chi connectivity index (χ0v) is 18.8. The molecule has 3 aromatic heterocycles. The van der Waals surface area contributed by atoms with Gasteiger partial charge in [-0.25, -0.2) is 18.7 Å². The third kappa shape index (κ3) is 4.49. The van der Waals surface area contributed by atoms with E-state index in [4.69, 9.17) is 4.74 Å². The predicted molar refractivity (Wildman–Crippen MR) is 126 cm³/mol. The van der Waals surface area contributed by atoms with E-state index in [1.807, 2.05) is 5.38 Å². The molecule has 0 aliphatic carbocycles. The maximum absolute atomic E-state index is 14.8. The normalized spacial score (nSPS) is 10.9. The van der Waals surface area contributed by atoms with Gasteiger partial charge in [0.2, 0.25) is 5.88 Å². The Morgan fingerprint density at radius 3 is 2.74 bits per heavy atom. The third-order valence-corrected chi connectivity index (χ3v) is 5.83. The molecule has 0 spiro atoms. The first kappa shape index (κ1) is 22.3. The van der Waals surface area contributed by atoms with E-state index in [0.29, 0.717) is 15.8 Å². The average molecular weight is 491 g/mol. The number of aromatic nitrogens is 4. The molecule has 0 unspecified atom stereocenters. The summed E-state index contributed by atoms with van der Waals surface area (Å²) in [4.78, 5) is 34.1. The molecule has 1 N–H and O–H groups in total. The molecule has 0 aliphatic heterocycles. The van der Waals surface area contributed by atoms with Gasteiger partial charge >= 0.3 is 0 Å². The van der Waals surface area contributed by atoms with Gasteiger partial charge < -0.3 is 10.1 Å². The Labute approximate surface area is 200 Å². The molecule has 1 amide bonds. The smallest absolute Gasteiger partial charge is 0.276 e. The number of nitrogens with one attached hydrogen (secondary N) is 1. The Morgan fingerprint density at radius 2 is 1.94 bits per heavy atom. The van der Waals surface area contributed by atoms with E-state index in [0.717, 1.165) is 16.8 Å². The number of benzene rings is 2. The van der Waals surface area contributed by atoms with Crippen molar-refractivity contribution in [2.45, 2.75) is 6.92 Å². The Morgan fingerprint density at radius 1 is 1.09 bits per heavy atom. The number of aryl methyl sites for hydroxylation is 1. The number of carbonyl (C=O) groups excluding carboxylic acids is 1. The number of ether oxygens (including phenoxy) is 1. The highest BCUT2D eigenvalue weighted by Crippen LogP contribution is 2.31. The summed E-state index contributed by atoms with van der Waals surface area (Å²) in [5.41, 5.74) is 0.0233. The van der Waals surface area contributed by atoms with Crippen molar-refractivity contribution in [2.24, 2.45) is 0 Å². The first-order chi connectivity index (χ1) is 16.9. The van der Waals surface area contributed by atoms with Crippen molar-refractivity contribution in [1.29, 1.82) is 0 Å². The van der Waals surface area contributed by atoms with Gasteiger partial charge in [-0.3, -0.25) is 9.59 Å². The lowest BCUT2D eigenvalue weighted by atomic mass is 10.2. The van der Waals surface area contributed by atoms with Gasteiger partial charge in [0.05, 0.1) is 11.1 Å². The highest BCUT2D eigenvalue weighted by molar-refractivity contribution is 7.16. The molecule has 0 bridgehead atoms. The van der Waals surface area contributed by atoms with Gasteiger partial charge in [0, 0.05) is 17.8 Å². The molecule has 5 aromatic rings. The molecule has 0 saturated heterocycles. The Hall–Kier alpha value is -4.51. The Bertz CT molecular complexity index is 1650. The maximum atomic E-state index is 14.8. The number of hydrogen-bond donors (Lipinski definition) is 1. The maximum Gasteiger partial charge on any atom is 0.276 e. The minimum absolute atomic E-state index is 0.0737. The summed E-state index contributed by atoms with van der Waals surface area (Å²) in [5.74, 6) is -1.81. The van der Waals surface area contributed by atoms with Gasteiger partial charge in [-0.1, -0.05) is 6.07 Å². The van der Waals surface area contributed by atoms with E-state index in [-0.39, 0.29) is 28.7 Å². The van der Waals surface area contributed by atoms with E-state index >= 15 is 0 Å². The van der Waals surface area contributed by atoms with E-state index < -0.39 is 23.1 Å². The molecule has 11 heteroatoms. The number of halogens is 2. The second-order valence-electron chi connectivity index (χ2n) is 7.43. The number of rotatable bonds is 5. The van der Waals surface area contributed by atoms with Crippen LogP contribution in [-0.4, -0.2) is 25.7 Å². The van der Waals surface area contributed by atoms with Crippen molar-refractivity contribution >= 4 is 33.1 Å². The van der Waals surface area contributed by atoms with Crippen LogP contribution in [0.3, 0.4) is 0 Å². The van der Waals surface area contributed by atoms with Crippen molar-refractivity contribution in [3.8, 4) is 17.3 Å². The lowest BCUT2D eigenvalue weighted by molar-refractivity contribution is 0.102. The number of amides is 1. The molecular weight excluding hydrogens is 476 g/mol. The summed E-state index contributed by atoms with van der Waals surface area (Å²) in [6, 6.07) is 12.2. The van der Waals surface area contributed by atoms with Crippen LogP contribution in [-0.2, 0) is 0 Å². The van der Waals surface area contributed by atoms with E-state index in [1.165, 1.54) is 54.1 Å². The van der Waals surface area contributed by atoms with Crippen molar-refractivity contribution in [3.05, 3.63) is 99.6 Å². The van der Waals surface area contributed by atoms with Crippen molar-refractivity contribution in [3.63, 3.8) is 0 Å². The van der Waals surface area contributed by atoms with Crippen LogP contribution in [0.4, 0.5) is 14.5 Å². The highest BCUT2D eigenvalue weighted by atomic mass is 32.1. The molecule has 174 valence electrons. The van der Waals surface area contributed by atoms with Crippen LogP contribution < -0.4 is 15.6 Å². The second-order valence-corrected chi connectivity index (χ2v) is 8.32. The lowest BCUT2D eigenvalue weighted by Gasteiger charge is -2.11. The second kappa shape index (κ2) is 9.03. The fourth-order valence-electron chi connectivity index (χ4n) is 3.36. The number of hydrogen-bond acceptors (Lipinski definition) is 7. The third-order valence-electron chi connectivity index (χ3n) is 5.01. The molecule has 0 radical (unpaired) electrons. The summed E-state index contributed by atoms with van der Waals surface area (Å²) < 4.78 is 34.9. The number of anilines is 1. The summed E-state index contributed by atoms with van der Waals surface area (Å²) >= 11 is 1.41. The van der Waals surface area contributed by atoms with Crippen LogP contribution in [0.2, 0.25) is 0 Å². The molecule has 3 heterocycles. The first-order valence-electron chi connectivity index (χ1n) is 10.2. The Balaban J connectivity index is 1.39. The monoisotopic (exact) mass is 491 g/mol. The first-order valence-corrected chi connectivity index (χ1v) is 11.1. The molecular formula is C24H15F2N5O3S.